The van der Waals surface area contributed by atoms with Gasteiger partial charge < -0.3 is 14.7 Å². The third-order valence-corrected chi connectivity index (χ3v) is 4.58. The maximum absolute atomic E-state index is 13.8. The molecule has 1 N–H and O–H groups in total. The van der Waals surface area contributed by atoms with Gasteiger partial charge in [-0.15, -0.1) is 0 Å². The molecule has 1 aromatic carbocycles. The van der Waals surface area contributed by atoms with Gasteiger partial charge in [-0.3, -0.25) is 4.79 Å². The van der Waals surface area contributed by atoms with Crippen LogP contribution in [0.2, 0.25) is 0 Å². The number of nitrogens with one attached hydrogen (secondary N) is 1. The Balaban J connectivity index is 1.75. The third kappa shape index (κ3) is 5.12. The summed E-state index contributed by atoms with van der Waals surface area (Å²) in [6, 6.07) is 6.12. The lowest BCUT2D eigenvalue weighted by Crippen LogP contribution is -2.29. The lowest BCUT2D eigenvalue weighted by atomic mass is 10.0. The molecule has 0 saturated heterocycles. The molecule has 1 atom stereocenters. The van der Waals surface area contributed by atoms with Crippen LogP contribution in [0, 0.1) is 11.7 Å². The van der Waals surface area contributed by atoms with Crippen molar-refractivity contribution in [1.29, 1.82) is 0 Å². The van der Waals surface area contributed by atoms with Crippen LogP contribution in [-0.4, -0.2) is 30.1 Å². The van der Waals surface area contributed by atoms with Gasteiger partial charge in [-0.2, -0.15) is 0 Å². The fourth-order valence-electron chi connectivity index (χ4n) is 2.78. The molecule has 1 aromatic heterocycles. The van der Waals surface area contributed by atoms with Gasteiger partial charge in [-0.1, -0.05) is 33.9 Å². The van der Waals surface area contributed by atoms with E-state index in [0.29, 0.717) is 22.7 Å². The van der Waals surface area contributed by atoms with Crippen LogP contribution >= 0.6 is 15.9 Å². The van der Waals surface area contributed by atoms with Gasteiger partial charge in [0.1, 0.15) is 5.82 Å². The zero-order chi connectivity index (χ0) is 18.0. The summed E-state index contributed by atoms with van der Waals surface area (Å²) in [5, 5.41) is 6.83. The second-order valence-electron chi connectivity index (χ2n) is 6.82. The van der Waals surface area contributed by atoms with Crippen molar-refractivity contribution in [2.45, 2.75) is 31.8 Å². The van der Waals surface area contributed by atoms with Crippen molar-refractivity contribution in [3.63, 3.8) is 0 Å². The van der Waals surface area contributed by atoms with Gasteiger partial charge in [0, 0.05) is 10.5 Å². The number of carbonyl (C=O) groups excluding carboxylic acids is 1. The lowest BCUT2D eigenvalue weighted by Gasteiger charge is -2.19. The highest BCUT2D eigenvalue weighted by atomic mass is 79.9. The van der Waals surface area contributed by atoms with Gasteiger partial charge in [0.05, 0.1) is 12.6 Å². The number of benzene rings is 1. The molecule has 0 spiro atoms. The Morgan fingerprint density at radius 1 is 1.40 bits per heavy atom. The molecular formula is C18H21BrFN3O2. The van der Waals surface area contributed by atoms with Crippen molar-refractivity contribution in [2.75, 3.05) is 14.1 Å². The number of halogens is 2. The van der Waals surface area contributed by atoms with E-state index in [1.54, 1.807) is 6.07 Å². The molecule has 1 unspecified atom stereocenters. The van der Waals surface area contributed by atoms with E-state index in [4.69, 9.17) is 4.52 Å². The number of carbonyl (C=O) groups is 1. The predicted octanol–water partition coefficient (Wildman–Crippen LogP) is 3.91. The Kier molecular flexibility index (Phi) is 5.54. The summed E-state index contributed by atoms with van der Waals surface area (Å²) in [4.78, 5) is 14.5. The van der Waals surface area contributed by atoms with Crippen molar-refractivity contribution in [2.24, 2.45) is 5.92 Å². The maximum Gasteiger partial charge on any atom is 0.273 e. The van der Waals surface area contributed by atoms with E-state index in [0.717, 1.165) is 24.8 Å². The minimum absolute atomic E-state index is 0.244. The first kappa shape index (κ1) is 18.1. The first-order valence-corrected chi connectivity index (χ1v) is 9.07. The molecule has 2 aromatic rings. The Hall–Kier alpha value is -1.73. The fourth-order valence-corrected chi connectivity index (χ4v) is 3.26. The van der Waals surface area contributed by atoms with Gasteiger partial charge in [0.15, 0.2) is 11.5 Å². The number of rotatable bonds is 7. The van der Waals surface area contributed by atoms with Crippen LogP contribution in [0.3, 0.4) is 0 Å². The van der Waals surface area contributed by atoms with Crippen LogP contribution < -0.4 is 5.32 Å². The summed E-state index contributed by atoms with van der Waals surface area (Å²) in [6.45, 7) is 0.572. The van der Waals surface area contributed by atoms with E-state index >= 15 is 0 Å². The van der Waals surface area contributed by atoms with E-state index < -0.39 is 0 Å². The highest BCUT2D eigenvalue weighted by molar-refractivity contribution is 9.10. The molecule has 25 heavy (non-hydrogen) atoms. The molecule has 1 heterocycles. The third-order valence-electron chi connectivity index (χ3n) is 4.12. The summed E-state index contributed by atoms with van der Waals surface area (Å²) in [5.74, 6) is 0.574. The van der Waals surface area contributed by atoms with Crippen LogP contribution in [0.15, 0.2) is 33.3 Å². The number of aromatic nitrogens is 1. The second kappa shape index (κ2) is 7.66. The van der Waals surface area contributed by atoms with Crippen molar-refractivity contribution in [3.8, 4) is 0 Å². The van der Waals surface area contributed by atoms with E-state index in [1.807, 2.05) is 25.1 Å². The van der Waals surface area contributed by atoms with Crippen molar-refractivity contribution in [1.82, 2.24) is 15.4 Å². The minimum Gasteiger partial charge on any atom is -0.359 e. The molecule has 1 aliphatic rings. The van der Waals surface area contributed by atoms with Crippen molar-refractivity contribution < 1.29 is 13.7 Å². The maximum atomic E-state index is 13.8. The molecular weight excluding hydrogens is 389 g/mol. The van der Waals surface area contributed by atoms with Crippen LogP contribution in [0.1, 0.15) is 47.1 Å². The van der Waals surface area contributed by atoms with Crippen LogP contribution in [0.5, 0.6) is 0 Å². The SMILES string of the molecule is CN(C)Cc1cc(C(=O)NC(CC2CC2)c2cc(F)cc(Br)c2)no1. The molecule has 134 valence electrons. The zero-order valence-corrected chi connectivity index (χ0v) is 15.8. The minimum atomic E-state index is -0.325. The topological polar surface area (TPSA) is 58.4 Å². The first-order valence-electron chi connectivity index (χ1n) is 8.28. The normalized spacial score (nSPS) is 15.4. The van der Waals surface area contributed by atoms with E-state index in [1.165, 1.54) is 12.1 Å². The number of nitrogens with zero attached hydrogens (tertiary/aromatic N) is 2. The quantitative estimate of drug-likeness (QED) is 0.752. The summed E-state index contributed by atoms with van der Waals surface area (Å²) in [6.07, 6.45) is 3.10. The average Bonchev–Trinajstić information content (AvgIpc) is 3.21. The van der Waals surface area contributed by atoms with Crippen molar-refractivity contribution in [3.05, 3.63) is 51.6 Å². The molecule has 7 heteroatoms. The van der Waals surface area contributed by atoms with Gasteiger partial charge in [-0.05, 0) is 50.2 Å². The van der Waals surface area contributed by atoms with Gasteiger partial charge in [0.2, 0.25) is 0 Å². The van der Waals surface area contributed by atoms with Gasteiger partial charge >= 0.3 is 0 Å². The zero-order valence-electron chi connectivity index (χ0n) is 14.3. The second-order valence-corrected chi connectivity index (χ2v) is 7.74. The number of hydrogen-bond donors (Lipinski definition) is 1. The van der Waals surface area contributed by atoms with Gasteiger partial charge in [-0.25, -0.2) is 4.39 Å². The molecule has 1 saturated carbocycles. The molecule has 1 aliphatic carbocycles. The highest BCUT2D eigenvalue weighted by Crippen LogP contribution is 2.38. The summed E-state index contributed by atoms with van der Waals surface area (Å²) in [7, 11) is 3.82. The standard InChI is InChI=1S/C18H21BrFN3O2/c1-23(2)10-15-9-17(22-25-15)18(24)21-16(5-11-3-4-11)12-6-13(19)8-14(20)7-12/h6-9,11,16H,3-5,10H2,1-2H3,(H,21,24). The fraction of sp³-hybridized carbons (Fsp3) is 0.444. The van der Waals surface area contributed by atoms with Crippen LogP contribution in [0.25, 0.3) is 0 Å². The number of amides is 1. The smallest absolute Gasteiger partial charge is 0.273 e. The highest BCUT2D eigenvalue weighted by Gasteiger charge is 2.28. The largest absolute Gasteiger partial charge is 0.359 e. The van der Waals surface area contributed by atoms with Crippen LogP contribution in [-0.2, 0) is 6.54 Å². The van der Waals surface area contributed by atoms with E-state index in [9.17, 15) is 9.18 Å². The monoisotopic (exact) mass is 409 g/mol. The summed E-state index contributed by atoms with van der Waals surface area (Å²) in [5.41, 5.74) is 0.997. The average molecular weight is 410 g/mol. The summed E-state index contributed by atoms with van der Waals surface area (Å²) < 4.78 is 19.6. The Labute approximate surface area is 154 Å². The first-order chi connectivity index (χ1) is 11.9. The molecule has 1 fully saturated rings. The van der Waals surface area contributed by atoms with Gasteiger partial charge in [0.25, 0.3) is 5.91 Å². The van der Waals surface area contributed by atoms with Crippen LogP contribution in [0.4, 0.5) is 4.39 Å². The van der Waals surface area contributed by atoms with Crippen molar-refractivity contribution >= 4 is 21.8 Å². The molecule has 0 bridgehead atoms. The van der Waals surface area contributed by atoms with E-state index in [-0.39, 0.29) is 23.5 Å². The molecule has 5 nitrogen and oxygen atoms in total. The Morgan fingerprint density at radius 3 is 2.80 bits per heavy atom. The predicted molar refractivity (Wildman–Crippen MR) is 95.5 cm³/mol. The Morgan fingerprint density at radius 2 is 2.16 bits per heavy atom. The molecule has 0 radical (unpaired) electrons. The Bertz CT molecular complexity index is 738. The lowest BCUT2D eigenvalue weighted by molar-refractivity contribution is 0.0924. The number of hydrogen-bond acceptors (Lipinski definition) is 4. The molecule has 0 aliphatic heterocycles. The summed E-state index contributed by atoms with van der Waals surface area (Å²) >= 11 is 3.32. The van der Waals surface area contributed by atoms with E-state index in [2.05, 4.69) is 26.4 Å². The molecule has 1 amide bonds. The molecule has 3 rings (SSSR count).